The Balaban J connectivity index is 1.66. The molecule has 0 aromatic heterocycles. The van der Waals surface area contributed by atoms with Crippen molar-refractivity contribution in [3.05, 3.63) is 28.8 Å². The molecule has 1 aromatic rings. The number of aliphatic imine (C=N–C) groups is 1. The van der Waals surface area contributed by atoms with Gasteiger partial charge in [-0.3, -0.25) is 4.99 Å². The number of nitrogens with zero attached hydrogens (tertiary/aromatic N) is 2. The highest BCUT2D eigenvalue weighted by Crippen LogP contribution is 2.55. The number of hydrogen-bond donors (Lipinski definition) is 2. The molecule has 1 heterocycles. The van der Waals surface area contributed by atoms with Crippen molar-refractivity contribution < 1.29 is 42.1 Å². The molecule has 1 spiro atoms. The number of aliphatic hydroxyl groups is 1. The van der Waals surface area contributed by atoms with Crippen LogP contribution in [-0.2, 0) is 14.3 Å². The minimum absolute atomic E-state index is 0.0487. The second-order valence-electron chi connectivity index (χ2n) is 11.1. The van der Waals surface area contributed by atoms with Crippen LogP contribution in [0.15, 0.2) is 16.6 Å². The van der Waals surface area contributed by atoms with Crippen molar-refractivity contribution in [2.45, 2.75) is 70.8 Å². The summed E-state index contributed by atoms with van der Waals surface area (Å²) < 4.78 is 60.2. The Morgan fingerprint density at radius 3 is 2.51 bits per heavy atom. The van der Waals surface area contributed by atoms with Gasteiger partial charge in [-0.15, -0.1) is 0 Å². The Bertz CT molecular complexity index is 1210. The monoisotopic (exact) mass is 553 g/mol. The Kier molecular flexibility index (Phi) is 7.77. The summed E-state index contributed by atoms with van der Waals surface area (Å²) >= 11 is 0. The zero-order valence-corrected chi connectivity index (χ0v) is 22.6. The first-order valence-corrected chi connectivity index (χ1v) is 12.9. The molecular weight excluding hydrogens is 519 g/mol. The Hall–Kier alpha value is -3.44. The molecule has 214 valence electrons. The van der Waals surface area contributed by atoms with Gasteiger partial charge in [-0.05, 0) is 46.6 Å². The topological polar surface area (TPSA) is 110 Å². The van der Waals surface area contributed by atoms with Gasteiger partial charge in [0.25, 0.3) is 0 Å². The first-order valence-electron chi connectivity index (χ1n) is 12.9. The lowest BCUT2D eigenvalue weighted by molar-refractivity contribution is -0.137. The van der Waals surface area contributed by atoms with Crippen molar-refractivity contribution in [2.75, 3.05) is 31.7 Å². The fraction of sp³-hybridized carbons (Fsp3) is 0.593. The standard InChI is InChI=1S/C27H34F3N3O6/c1-6-38-24(35)15(11-31-18-10-16(18)28)22(34)14-9-17(29)21(23(37-5)20(14)30)33-12-19(27(13-33)7-8-27)32-25(36)39-26(2,3)4/h9,11,16,18-19,34H,6-8,10,12-13H2,1-5H3,(H,32,36)/t16-,18+,19+/m0/s1. The molecule has 12 heteroatoms. The number of amides is 1. The number of halogens is 3. The zero-order valence-electron chi connectivity index (χ0n) is 22.6. The number of carbonyl (C=O) groups is 2. The van der Waals surface area contributed by atoms with E-state index < -0.39 is 64.2 Å². The van der Waals surface area contributed by atoms with Crippen LogP contribution in [0, 0.1) is 17.0 Å². The molecule has 3 aliphatic rings. The van der Waals surface area contributed by atoms with E-state index in [4.69, 9.17) is 14.2 Å². The van der Waals surface area contributed by atoms with Gasteiger partial charge in [-0.2, -0.15) is 0 Å². The maximum absolute atomic E-state index is 15.7. The Morgan fingerprint density at radius 2 is 1.97 bits per heavy atom. The molecule has 3 atom stereocenters. The molecular formula is C27H34F3N3O6. The van der Waals surface area contributed by atoms with E-state index in [-0.39, 0.29) is 36.7 Å². The van der Waals surface area contributed by atoms with Gasteiger partial charge in [0.1, 0.15) is 28.8 Å². The number of methoxy groups -OCH3 is 1. The molecule has 0 unspecified atom stereocenters. The largest absolute Gasteiger partial charge is 0.506 e. The number of esters is 1. The SMILES string of the molecule is CCOC(=O)C(C=N[C@@H]1C[C@@H]1F)=C(O)c1cc(F)c(N2C[C@@H](NC(=O)OC(C)(C)C)C3(CC3)C2)c(OC)c1F. The summed E-state index contributed by atoms with van der Waals surface area (Å²) in [4.78, 5) is 30.4. The predicted molar refractivity (Wildman–Crippen MR) is 138 cm³/mol. The van der Waals surface area contributed by atoms with Gasteiger partial charge in [0.2, 0.25) is 0 Å². The van der Waals surface area contributed by atoms with Crippen molar-refractivity contribution in [3.63, 3.8) is 0 Å². The molecule has 2 N–H and O–H groups in total. The average Bonchev–Trinajstić information content (AvgIpc) is 3.73. The molecule has 1 amide bonds. The number of alkyl carbamates (subject to hydrolysis) is 1. The number of carbonyl (C=O) groups excluding carboxylic acids is 2. The van der Waals surface area contributed by atoms with Crippen LogP contribution in [0.5, 0.6) is 5.75 Å². The normalized spacial score (nSPS) is 24.0. The van der Waals surface area contributed by atoms with E-state index in [0.29, 0.717) is 6.54 Å². The lowest BCUT2D eigenvalue weighted by Crippen LogP contribution is -2.44. The maximum Gasteiger partial charge on any atom is 0.407 e. The van der Waals surface area contributed by atoms with E-state index in [2.05, 4.69) is 10.3 Å². The van der Waals surface area contributed by atoms with Crippen LogP contribution in [0.4, 0.5) is 23.7 Å². The van der Waals surface area contributed by atoms with Crippen molar-refractivity contribution in [1.82, 2.24) is 5.32 Å². The summed E-state index contributed by atoms with van der Waals surface area (Å²) in [5.74, 6) is -4.43. The third-order valence-electron chi connectivity index (χ3n) is 6.98. The fourth-order valence-electron chi connectivity index (χ4n) is 4.74. The summed E-state index contributed by atoms with van der Waals surface area (Å²) in [7, 11) is 1.16. The highest BCUT2D eigenvalue weighted by molar-refractivity contribution is 6.15. The number of alkyl halides is 1. The molecule has 2 aliphatic carbocycles. The number of benzene rings is 1. The van der Waals surface area contributed by atoms with E-state index in [1.165, 1.54) is 6.92 Å². The molecule has 1 saturated heterocycles. The second-order valence-corrected chi connectivity index (χ2v) is 11.1. The summed E-state index contributed by atoms with van der Waals surface area (Å²) in [6.45, 7) is 7.25. The van der Waals surface area contributed by atoms with Crippen molar-refractivity contribution >= 4 is 29.7 Å². The number of ether oxygens (including phenoxy) is 3. The lowest BCUT2D eigenvalue weighted by Gasteiger charge is -2.24. The van der Waals surface area contributed by atoms with Crippen molar-refractivity contribution in [1.29, 1.82) is 0 Å². The summed E-state index contributed by atoms with van der Waals surface area (Å²) in [5, 5.41) is 13.7. The first-order chi connectivity index (χ1) is 18.3. The summed E-state index contributed by atoms with van der Waals surface area (Å²) in [6.07, 6.45) is 0.911. The minimum Gasteiger partial charge on any atom is -0.506 e. The van der Waals surface area contributed by atoms with E-state index in [1.807, 2.05) is 0 Å². The molecule has 9 nitrogen and oxygen atoms in total. The van der Waals surface area contributed by atoms with Crippen LogP contribution in [-0.4, -0.2) is 74.0 Å². The molecule has 2 saturated carbocycles. The first kappa shape index (κ1) is 28.6. The molecule has 1 aliphatic heterocycles. The van der Waals surface area contributed by atoms with Crippen LogP contribution in [0.25, 0.3) is 5.76 Å². The Labute approximate surface area is 225 Å². The maximum atomic E-state index is 15.7. The van der Waals surface area contributed by atoms with Crippen LogP contribution >= 0.6 is 0 Å². The number of rotatable bonds is 8. The second kappa shape index (κ2) is 10.6. The molecule has 1 aromatic carbocycles. The van der Waals surface area contributed by atoms with Gasteiger partial charge >= 0.3 is 12.1 Å². The number of nitrogens with one attached hydrogen (secondary N) is 1. The van der Waals surface area contributed by atoms with Gasteiger partial charge in [0.05, 0.1) is 31.4 Å². The van der Waals surface area contributed by atoms with Gasteiger partial charge in [-0.1, -0.05) is 0 Å². The lowest BCUT2D eigenvalue weighted by atomic mass is 10.0. The molecule has 4 rings (SSSR count). The number of hydrogen-bond acceptors (Lipinski definition) is 8. The fourth-order valence-corrected chi connectivity index (χ4v) is 4.74. The van der Waals surface area contributed by atoms with Crippen molar-refractivity contribution in [2.24, 2.45) is 10.4 Å². The minimum atomic E-state index is -1.16. The van der Waals surface area contributed by atoms with Gasteiger partial charge in [-0.25, -0.2) is 22.8 Å². The van der Waals surface area contributed by atoms with Crippen LogP contribution in [0.1, 0.15) is 52.5 Å². The van der Waals surface area contributed by atoms with Crippen LogP contribution < -0.4 is 15.0 Å². The number of aliphatic hydroxyl groups excluding tert-OH is 1. The quantitative estimate of drug-likeness (QED) is 0.211. The highest BCUT2D eigenvalue weighted by atomic mass is 19.1. The van der Waals surface area contributed by atoms with E-state index in [0.717, 1.165) is 32.2 Å². The Morgan fingerprint density at radius 1 is 1.31 bits per heavy atom. The molecule has 0 bridgehead atoms. The van der Waals surface area contributed by atoms with Gasteiger partial charge < -0.3 is 29.5 Å². The molecule has 3 fully saturated rings. The third kappa shape index (κ3) is 6.09. The smallest absolute Gasteiger partial charge is 0.407 e. The number of anilines is 1. The van der Waals surface area contributed by atoms with E-state index >= 15 is 8.78 Å². The summed E-state index contributed by atoms with van der Waals surface area (Å²) in [5.41, 5.74) is -2.35. The predicted octanol–water partition coefficient (Wildman–Crippen LogP) is 4.48. The van der Waals surface area contributed by atoms with E-state index in [9.17, 15) is 19.1 Å². The highest BCUT2D eigenvalue weighted by Gasteiger charge is 2.56. The molecule has 39 heavy (non-hydrogen) atoms. The third-order valence-corrected chi connectivity index (χ3v) is 6.98. The average molecular weight is 554 g/mol. The van der Waals surface area contributed by atoms with Crippen LogP contribution in [0.3, 0.4) is 0 Å². The zero-order chi connectivity index (χ0) is 28.7. The summed E-state index contributed by atoms with van der Waals surface area (Å²) in [6, 6.07) is -0.271. The molecule has 0 radical (unpaired) electrons. The van der Waals surface area contributed by atoms with Gasteiger partial charge in [0.15, 0.2) is 17.4 Å². The van der Waals surface area contributed by atoms with Crippen LogP contribution in [0.2, 0.25) is 0 Å². The van der Waals surface area contributed by atoms with Crippen molar-refractivity contribution in [3.8, 4) is 5.75 Å². The van der Waals surface area contributed by atoms with Gasteiger partial charge in [0, 0.05) is 31.1 Å². The van der Waals surface area contributed by atoms with E-state index in [1.54, 1.807) is 25.7 Å².